The Morgan fingerprint density at radius 1 is 1.04 bits per heavy atom. The first-order valence-electron chi connectivity index (χ1n) is 8.74. The lowest BCUT2D eigenvalue weighted by Crippen LogP contribution is -1.75. The van der Waals surface area contributed by atoms with Crippen LogP contribution in [0.3, 0.4) is 0 Å². The Balaban J connectivity index is 0. The standard InChI is InChI=1S/C13H11NS.C4H8.C4H6.C2H6/c1-2-3-6-11-8-9-13(15-11)12-7-4-5-10-14-12;2*1-3-4-2;1-2/h4-5,7-10H,2H2,1H3;3-4H,1-2H3;1H,4H2,2H3;1-2H3. The Hall–Kier alpha value is -2.29. The summed E-state index contributed by atoms with van der Waals surface area (Å²) in [4.78, 5) is 6.59. The first-order chi connectivity index (χ1) is 12.2. The second kappa shape index (κ2) is 19.8. The van der Waals surface area contributed by atoms with Gasteiger partial charge in [0.05, 0.1) is 15.4 Å². The van der Waals surface area contributed by atoms with E-state index in [2.05, 4.69) is 41.8 Å². The van der Waals surface area contributed by atoms with Crippen LogP contribution in [-0.2, 0) is 0 Å². The summed E-state index contributed by atoms with van der Waals surface area (Å²) in [5.74, 6) is 8.63. The smallest absolute Gasteiger partial charge is 0.0802 e. The summed E-state index contributed by atoms with van der Waals surface area (Å²) in [5, 5.41) is 0. The van der Waals surface area contributed by atoms with Crippen molar-refractivity contribution < 1.29 is 0 Å². The van der Waals surface area contributed by atoms with Gasteiger partial charge in [-0.3, -0.25) is 4.98 Å². The summed E-state index contributed by atoms with van der Waals surface area (Å²) >= 11 is 1.69. The predicted octanol–water partition coefficient (Wildman–Crippen LogP) is 7.21. The van der Waals surface area contributed by atoms with Crippen LogP contribution in [0, 0.1) is 24.2 Å². The van der Waals surface area contributed by atoms with Gasteiger partial charge >= 0.3 is 0 Å². The highest BCUT2D eigenvalue weighted by Crippen LogP contribution is 2.25. The summed E-state index contributed by atoms with van der Waals surface area (Å²) in [6.45, 7) is 12.0. The molecule has 0 N–H and O–H groups in total. The lowest BCUT2D eigenvalue weighted by molar-refractivity contribution is 1.28. The molecule has 1 nitrogen and oxygen atoms in total. The first kappa shape index (κ1) is 25.0. The van der Waals surface area contributed by atoms with Gasteiger partial charge in [0, 0.05) is 19.0 Å². The van der Waals surface area contributed by atoms with Gasteiger partial charge in [0.15, 0.2) is 0 Å². The molecule has 2 rings (SSSR count). The van der Waals surface area contributed by atoms with E-state index in [1.54, 1.807) is 11.3 Å². The fourth-order valence-electron chi connectivity index (χ4n) is 1.23. The summed E-state index contributed by atoms with van der Waals surface area (Å²) in [6, 6.07) is 10.1. The number of hydrogen-bond acceptors (Lipinski definition) is 2. The molecule has 25 heavy (non-hydrogen) atoms. The number of hydrogen-bond donors (Lipinski definition) is 0. The number of nitrogens with zero attached hydrogens (tertiary/aromatic N) is 1. The van der Waals surface area contributed by atoms with Crippen LogP contribution in [0.2, 0.25) is 0 Å². The van der Waals surface area contributed by atoms with Gasteiger partial charge in [-0.15, -0.1) is 23.7 Å². The molecular weight excluding hydrogens is 322 g/mol. The van der Waals surface area contributed by atoms with Crippen LogP contribution >= 0.6 is 11.3 Å². The van der Waals surface area contributed by atoms with Gasteiger partial charge in [-0.1, -0.05) is 57.8 Å². The molecule has 0 bridgehead atoms. The monoisotopic (exact) mass is 353 g/mol. The quantitative estimate of drug-likeness (QED) is 0.390. The number of allylic oxidation sites excluding steroid dienone is 2. The van der Waals surface area contributed by atoms with E-state index < -0.39 is 0 Å². The van der Waals surface area contributed by atoms with Crippen LogP contribution in [0.1, 0.15) is 59.3 Å². The van der Waals surface area contributed by atoms with Crippen molar-refractivity contribution in [3.05, 3.63) is 53.6 Å². The van der Waals surface area contributed by atoms with Crippen molar-refractivity contribution in [3.63, 3.8) is 0 Å². The maximum absolute atomic E-state index is 4.78. The van der Waals surface area contributed by atoms with Crippen LogP contribution in [0.15, 0.2) is 48.7 Å². The molecule has 0 spiro atoms. The first-order valence-corrected chi connectivity index (χ1v) is 9.55. The van der Waals surface area contributed by atoms with Gasteiger partial charge in [-0.05, 0) is 38.1 Å². The maximum atomic E-state index is 4.78. The summed E-state index contributed by atoms with van der Waals surface area (Å²) < 4.78 is 0. The highest BCUT2D eigenvalue weighted by molar-refractivity contribution is 7.16. The minimum absolute atomic E-state index is 0.847. The number of aromatic nitrogens is 1. The normalized spacial score (nSPS) is 8.20. The zero-order valence-electron chi connectivity index (χ0n) is 16.5. The van der Waals surface area contributed by atoms with E-state index in [4.69, 9.17) is 6.42 Å². The third-order valence-electron chi connectivity index (χ3n) is 2.45. The molecular formula is C23H31NS. The highest BCUT2D eigenvalue weighted by atomic mass is 32.1. The third-order valence-corrected chi connectivity index (χ3v) is 3.47. The lowest BCUT2D eigenvalue weighted by Gasteiger charge is -1.92. The Kier molecular flexibility index (Phi) is 19.7. The Morgan fingerprint density at radius 2 is 1.68 bits per heavy atom. The van der Waals surface area contributed by atoms with Crippen LogP contribution in [-0.4, -0.2) is 4.98 Å². The molecule has 0 atom stereocenters. The fourth-order valence-corrected chi connectivity index (χ4v) is 2.08. The van der Waals surface area contributed by atoms with Crippen LogP contribution in [0.25, 0.3) is 10.6 Å². The molecule has 0 unspecified atom stereocenters. The van der Waals surface area contributed by atoms with Crippen LogP contribution in [0.4, 0.5) is 0 Å². The fraction of sp³-hybridized carbons (Fsp3) is 0.348. The van der Waals surface area contributed by atoms with Crippen LogP contribution in [0.5, 0.6) is 0 Å². The molecule has 0 aliphatic heterocycles. The largest absolute Gasteiger partial charge is 0.255 e. The molecule has 0 aliphatic rings. The minimum atomic E-state index is 0.847. The van der Waals surface area contributed by atoms with E-state index in [9.17, 15) is 0 Å². The van der Waals surface area contributed by atoms with Gasteiger partial charge in [-0.2, -0.15) is 0 Å². The van der Waals surface area contributed by atoms with Crippen molar-refractivity contribution in [3.8, 4) is 34.8 Å². The molecule has 2 heterocycles. The Labute approximate surface area is 159 Å². The molecule has 2 heteroatoms. The van der Waals surface area contributed by atoms with Crippen LogP contribution < -0.4 is 0 Å². The average molecular weight is 354 g/mol. The van der Waals surface area contributed by atoms with E-state index in [-0.39, 0.29) is 0 Å². The highest BCUT2D eigenvalue weighted by Gasteiger charge is 2.00. The Bertz CT molecular complexity index is 645. The molecule has 0 saturated heterocycles. The molecule has 134 valence electrons. The zero-order chi connectivity index (χ0) is 19.3. The summed E-state index contributed by atoms with van der Waals surface area (Å²) in [7, 11) is 0. The van der Waals surface area contributed by atoms with Gasteiger partial charge in [0.2, 0.25) is 0 Å². The van der Waals surface area contributed by atoms with E-state index in [1.165, 1.54) is 4.88 Å². The topological polar surface area (TPSA) is 12.9 Å². The number of terminal acetylenes is 1. The van der Waals surface area contributed by atoms with Gasteiger partial charge < -0.3 is 0 Å². The Morgan fingerprint density at radius 3 is 2.12 bits per heavy atom. The molecule has 0 amide bonds. The molecule has 0 aliphatic carbocycles. The van der Waals surface area contributed by atoms with Crippen molar-refractivity contribution in [2.24, 2.45) is 0 Å². The predicted molar refractivity (Wildman–Crippen MR) is 116 cm³/mol. The van der Waals surface area contributed by atoms with E-state index in [1.807, 2.05) is 71.2 Å². The molecule has 0 saturated carbocycles. The molecule has 2 aromatic rings. The minimum Gasteiger partial charge on any atom is -0.255 e. The molecule has 0 radical (unpaired) electrons. The molecule has 0 aromatic carbocycles. The van der Waals surface area contributed by atoms with E-state index in [0.29, 0.717) is 0 Å². The summed E-state index contributed by atoms with van der Waals surface area (Å²) in [6.07, 6.45) is 12.3. The van der Waals surface area contributed by atoms with Gasteiger partial charge in [0.25, 0.3) is 0 Å². The lowest BCUT2D eigenvalue weighted by atomic mass is 10.3. The number of thiophene rings is 1. The second-order valence-electron chi connectivity index (χ2n) is 4.26. The van der Waals surface area contributed by atoms with Crippen molar-refractivity contribution in [2.75, 3.05) is 0 Å². The van der Waals surface area contributed by atoms with Gasteiger partial charge in [-0.25, -0.2) is 0 Å². The second-order valence-corrected chi connectivity index (χ2v) is 5.34. The maximum Gasteiger partial charge on any atom is 0.0802 e. The molecule has 0 fully saturated rings. The third kappa shape index (κ3) is 13.8. The summed E-state index contributed by atoms with van der Waals surface area (Å²) in [5.41, 5.74) is 1.02. The number of pyridine rings is 1. The van der Waals surface area contributed by atoms with Crippen molar-refractivity contribution in [1.29, 1.82) is 0 Å². The van der Waals surface area contributed by atoms with Crippen molar-refractivity contribution in [2.45, 2.75) is 54.4 Å². The zero-order valence-corrected chi connectivity index (χ0v) is 17.3. The SMILES string of the molecule is C#CCC.CC.CC=CC.CCC#Cc1ccc(-c2ccccn2)s1. The van der Waals surface area contributed by atoms with E-state index >= 15 is 0 Å². The van der Waals surface area contributed by atoms with Crippen molar-refractivity contribution in [1.82, 2.24) is 4.98 Å². The van der Waals surface area contributed by atoms with Crippen molar-refractivity contribution >= 4 is 11.3 Å². The van der Waals surface area contributed by atoms with E-state index in [0.717, 1.165) is 23.4 Å². The van der Waals surface area contributed by atoms with Gasteiger partial charge in [0.1, 0.15) is 0 Å². The average Bonchev–Trinajstić information content (AvgIpc) is 3.18. The number of rotatable bonds is 1. The molecule has 2 aromatic heterocycles.